The van der Waals surface area contributed by atoms with E-state index in [0.717, 1.165) is 22.4 Å². The van der Waals surface area contributed by atoms with E-state index in [1.807, 2.05) is 48.1 Å². The molecule has 1 atom stereocenters. The van der Waals surface area contributed by atoms with Crippen LogP contribution >= 0.6 is 0 Å². The van der Waals surface area contributed by atoms with Gasteiger partial charge in [-0.1, -0.05) is 30.3 Å². The van der Waals surface area contributed by atoms with Crippen molar-refractivity contribution in [3.63, 3.8) is 0 Å². The first-order valence-corrected chi connectivity index (χ1v) is 9.15. The van der Waals surface area contributed by atoms with Gasteiger partial charge in [0.05, 0.1) is 13.2 Å². The van der Waals surface area contributed by atoms with Crippen molar-refractivity contribution in [1.29, 1.82) is 0 Å². The maximum atomic E-state index is 12.2. The molecule has 3 aromatic rings. The van der Waals surface area contributed by atoms with Gasteiger partial charge in [-0.2, -0.15) is 5.10 Å². The fraction of sp³-hybridized carbons (Fsp3) is 0.227. The average Bonchev–Trinajstić information content (AvgIpc) is 3.10. The van der Waals surface area contributed by atoms with Crippen molar-refractivity contribution in [2.45, 2.75) is 19.5 Å². The minimum atomic E-state index is -0.169. The van der Waals surface area contributed by atoms with E-state index in [-0.39, 0.29) is 11.9 Å². The van der Waals surface area contributed by atoms with Gasteiger partial charge in [0.1, 0.15) is 5.69 Å². The van der Waals surface area contributed by atoms with Crippen LogP contribution in [0, 0.1) is 0 Å². The number of aromatic nitrogens is 3. The summed E-state index contributed by atoms with van der Waals surface area (Å²) in [6, 6.07) is 13.9. The van der Waals surface area contributed by atoms with Crippen LogP contribution in [0.25, 0.3) is 17.3 Å². The second-order valence-electron chi connectivity index (χ2n) is 6.56. The third-order valence-corrected chi connectivity index (χ3v) is 4.13. The summed E-state index contributed by atoms with van der Waals surface area (Å²) >= 11 is 0. The zero-order chi connectivity index (χ0) is 19.8. The van der Waals surface area contributed by atoms with Crippen LogP contribution in [0.2, 0.25) is 0 Å². The smallest absolute Gasteiger partial charge is 0.244 e. The summed E-state index contributed by atoms with van der Waals surface area (Å²) in [5.41, 5.74) is 3.71. The van der Waals surface area contributed by atoms with Crippen LogP contribution < -0.4 is 5.32 Å². The monoisotopic (exact) mass is 376 g/mol. The summed E-state index contributed by atoms with van der Waals surface area (Å²) in [5.74, 6) is -0.169. The van der Waals surface area contributed by atoms with E-state index in [1.54, 1.807) is 25.6 Å². The molecule has 6 nitrogen and oxygen atoms in total. The van der Waals surface area contributed by atoms with Crippen LogP contribution in [0.4, 0.5) is 0 Å². The van der Waals surface area contributed by atoms with Crippen molar-refractivity contribution in [2.75, 3.05) is 13.7 Å². The molecule has 0 saturated carbocycles. The van der Waals surface area contributed by atoms with E-state index >= 15 is 0 Å². The van der Waals surface area contributed by atoms with Gasteiger partial charge in [-0.15, -0.1) is 0 Å². The molecule has 0 aliphatic rings. The predicted octanol–water partition coefficient (Wildman–Crippen LogP) is 3.16. The Kier molecular flexibility index (Phi) is 6.70. The summed E-state index contributed by atoms with van der Waals surface area (Å²) in [6.45, 7) is 3.02. The van der Waals surface area contributed by atoms with Crippen molar-refractivity contribution in [2.24, 2.45) is 0 Å². The van der Waals surface area contributed by atoms with Gasteiger partial charge in [-0.05, 0) is 30.7 Å². The van der Waals surface area contributed by atoms with E-state index in [0.29, 0.717) is 13.2 Å². The SMILES string of the molecule is COCC(C)NC(=O)C=Cc1cn(Cc2ccccc2)nc1-c1cccnc1. The van der Waals surface area contributed by atoms with Gasteiger partial charge in [-0.3, -0.25) is 14.5 Å². The molecule has 6 heteroatoms. The summed E-state index contributed by atoms with van der Waals surface area (Å²) in [4.78, 5) is 16.3. The van der Waals surface area contributed by atoms with Gasteiger partial charge in [0.2, 0.25) is 5.91 Å². The number of hydrogen-bond donors (Lipinski definition) is 1. The minimum absolute atomic E-state index is 0.0549. The van der Waals surface area contributed by atoms with E-state index < -0.39 is 0 Å². The van der Waals surface area contributed by atoms with Gasteiger partial charge in [0.15, 0.2) is 0 Å². The van der Waals surface area contributed by atoms with Crippen LogP contribution in [0.15, 0.2) is 67.1 Å². The molecule has 2 heterocycles. The lowest BCUT2D eigenvalue weighted by Gasteiger charge is -2.10. The van der Waals surface area contributed by atoms with E-state index in [1.165, 1.54) is 6.08 Å². The fourth-order valence-corrected chi connectivity index (χ4v) is 2.89. The lowest BCUT2D eigenvalue weighted by atomic mass is 10.1. The average molecular weight is 376 g/mol. The summed E-state index contributed by atoms with van der Waals surface area (Å²) in [7, 11) is 1.61. The first-order chi connectivity index (χ1) is 13.7. The third-order valence-electron chi connectivity index (χ3n) is 4.13. The number of amides is 1. The molecule has 1 aromatic carbocycles. The molecule has 0 spiro atoms. The quantitative estimate of drug-likeness (QED) is 0.613. The highest BCUT2D eigenvalue weighted by Gasteiger charge is 2.11. The Labute approximate surface area is 164 Å². The third kappa shape index (κ3) is 5.37. The highest BCUT2D eigenvalue weighted by atomic mass is 16.5. The molecule has 144 valence electrons. The van der Waals surface area contributed by atoms with Crippen molar-refractivity contribution in [1.82, 2.24) is 20.1 Å². The van der Waals surface area contributed by atoms with Gasteiger partial charge in [0.25, 0.3) is 0 Å². The number of nitrogens with one attached hydrogen (secondary N) is 1. The highest BCUT2D eigenvalue weighted by molar-refractivity contribution is 5.92. The van der Waals surface area contributed by atoms with E-state index in [2.05, 4.69) is 22.4 Å². The Hall–Kier alpha value is -3.25. The van der Waals surface area contributed by atoms with Gasteiger partial charge < -0.3 is 10.1 Å². The van der Waals surface area contributed by atoms with Crippen LogP contribution in [0.1, 0.15) is 18.1 Å². The topological polar surface area (TPSA) is 69.0 Å². The Morgan fingerprint density at radius 3 is 2.79 bits per heavy atom. The standard InChI is InChI=1S/C22H24N4O2/c1-17(16-28-2)24-21(27)11-10-20-15-26(14-18-7-4-3-5-8-18)25-22(20)19-9-6-12-23-13-19/h3-13,15,17H,14,16H2,1-2H3,(H,24,27). The summed E-state index contributed by atoms with van der Waals surface area (Å²) in [5, 5.41) is 7.58. The maximum Gasteiger partial charge on any atom is 0.244 e. The number of rotatable bonds is 8. The Bertz CT molecular complexity index is 920. The molecule has 0 radical (unpaired) electrons. The predicted molar refractivity (Wildman–Crippen MR) is 110 cm³/mol. The fourth-order valence-electron chi connectivity index (χ4n) is 2.89. The lowest BCUT2D eigenvalue weighted by molar-refractivity contribution is -0.117. The number of pyridine rings is 1. The summed E-state index contributed by atoms with van der Waals surface area (Å²) in [6.07, 6.45) is 8.75. The van der Waals surface area contributed by atoms with Gasteiger partial charge in [0, 0.05) is 48.9 Å². The Balaban J connectivity index is 1.84. The van der Waals surface area contributed by atoms with Gasteiger partial charge >= 0.3 is 0 Å². The molecule has 0 saturated heterocycles. The lowest BCUT2D eigenvalue weighted by Crippen LogP contribution is -2.34. The Morgan fingerprint density at radius 2 is 2.07 bits per heavy atom. The molecular formula is C22H24N4O2. The molecule has 1 N–H and O–H groups in total. The first-order valence-electron chi connectivity index (χ1n) is 9.15. The molecule has 28 heavy (non-hydrogen) atoms. The molecule has 3 rings (SSSR count). The first kappa shape index (κ1) is 19.5. The normalized spacial score (nSPS) is 12.2. The molecule has 0 aliphatic heterocycles. The molecule has 2 aromatic heterocycles. The molecule has 0 aliphatic carbocycles. The highest BCUT2D eigenvalue weighted by Crippen LogP contribution is 2.23. The number of carbonyl (C=O) groups excluding carboxylic acids is 1. The number of nitrogens with zero attached hydrogens (tertiary/aromatic N) is 3. The number of carbonyl (C=O) groups is 1. The Morgan fingerprint density at radius 1 is 1.25 bits per heavy atom. The zero-order valence-corrected chi connectivity index (χ0v) is 16.1. The van der Waals surface area contributed by atoms with E-state index in [9.17, 15) is 4.79 Å². The van der Waals surface area contributed by atoms with Crippen LogP contribution in [-0.2, 0) is 16.1 Å². The minimum Gasteiger partial charge on any atom is -0.383 e. The maximum absolute atomic E-state index is 12.2. The molecule has 0 fully saturated rings. The van der Waals surface area contributed by atoms with Crippen LogP contribution in [0.3, 0.4) is 0 Å². The molecule has 0 bridgehead atoms. The number of methoxy groups -OCH3 is 1. The molecule has 1 amide bonds. The molecule has 1 unspecified atom stereocenters. The van der Waals surface area contributed by atoms with Crippen molar-refractivity contribution >= 4 is 12.0 Å². The van der Waals surface area contributed by atoms with Crippen molar-refractivity contribution < 1.29 is 9.53 Å². The van der Waals surface area contributed by atoms with E-state index in [4.69, 9.17) is 9.84 Å². The number of benzene rings is 1. The van der Waals surface area contributed by atoms with Crippen molar-refractivity contribution in [3.05, 3.63) is 78.3 Å². The van der Waals surface area contributed by atoms with Crippen LogP contribution in [-0.4, -0.2) is 40.4 Å². The second kappa shape index (κ2) is 9.62. The second-order valence-corrected chi connectivity index (χ2v) is 6.56. The zero-order valence-electron chi connectivity index (χ0n) is 16.1. The largest absolute Gasteiger partial charge is 0.383 e. The number of hydrogen-bond acceptors (Lipinski definition) is 4. The van der Waals surface area contributed by atoms with Crippen molar-refractivity contribution in [3.8, 4) is 11.3 Å². The van der Waals surface area contributed by atoms with Crippen LogP contribution in [0.5, 0.6) is 0 Å². The van der Waals surface area contributed by atoms with Gasteiger partial charge in [-0.25, -0.2) is 0 Å². The summed E-state index contributed by atoms with van der Waals surface area (Å²) < 4.78 is 6.92. The number of ether oxygens (including phenoxy) is 1. The molecular weight excluding hydrogens is 352 g/mol.